The molecule has 21 heavy (non-hydrogen) atoms. The van der Waals surface area contributed by atoms with Gasteiger partial charge in [0.25, 0.3) is 0 Å². The molecule has 0 bridgehead atoms. The zero-order valence-corrected chi connectivity index (χ0v) is 13.0. The van der Waals surface area contributed by atoms with Gasteiger partial charge in [0.2, 0.25) is 14.2 Å². The van der Waals surface area contributed by atoms with E-state index in [0.29, 0.717) is 11.2 Å². The number of nitrogens with two attached hydrogens (primary N) is 1. The molecule has 1 aromatic heterocycles. The van der Waals surface area contributed by atoms with Crippen molar-refractivity contribution < 1.29 is 8.42 Å². The molecule has 108 valence electrons. The first-order chi connectivity index (χ1) is 9.98. The first-order valence-corrected chi connectivity index (χ1v) is 8.79. The molecular formula is C15H14N2O2S2. The van der Waals surface area contributed by atoms with E-state index in [4.69, 9.17) is 5.73 Å². The minimum absolute atomic E-state index is 0.138. The van der Waals surface area contributed by atoms with Gasteiger partial charge in [0.15, 0.2) is 0 Å². The van der Waals surface area contributed by atoms with Crippen LogP contribution in [0.4, 0.5) is 5.69 Å². The fourth-order valence-corrected chi connectivity index (χ4v) is 5.05. The van der Waals surface area contributed by atoms with E-state index < -0.39 is 15.1 Å². The molecule has 1 unspecified atom stereocenters. The van der Waals surface area contributed by atoms with Crippen molar-refractivity contribution in [2.75, 3.05) is 5.73 Å². The van der Waals surface area contributed by atoms with Gasteiger partial charge in [0.1, 0.15) is 0 Å². The smallest absolute Gasteiger partial charge is 0.212 e. The Hall–Kier alpha value is -1.92. The molecule has 1 atom stereocenters. The summed E-state index contributed by atoms with van der Waals surface area (Å²) in [7, 11) is -3.50. The average Bonchev–Trinajstić information content (AvgIpc) is 2.91. The van der Waals surface area contributed by atoms with Gasteiger partial charge in [0.05, 0.1) is 15.5 Å². The zero-order valence-electron chi connectivity index (χ0n) is 11.4. The van der Waals surface area contributed by atoms with E-state index in [9.17, 15) is 8.42 Å². The van der Waals surface area contributed by atoms with Gasteiger partial charge in [-0.15, -0.1) is 11.3 Å². The molecule has 2 aromatic carbocycles. The molecule has 3 rings (SSSR count). The van der Waals surface area contributed by atoms with Crippen LogP contribution in [0.2, 0.25) is 0 Å². The summed E-state index contributed by atoms with van der Waals surface area (Å²) in [5.74, 6) is 0. The van der Waals surface area contributed by atoms with Gasteiger partial charge < -0.3 is 5.73 Å². The van der Waals surface area contributed by atoms with Crippen molar-refractivity contribution >= 4 is 37.1 Å². The van der Waals surface area contributed by atoms with E-state index in [2.05, 4.69) is 4.98 Å². The predicted molar refractivity (Wildman–Crippen MR) is 86.1 cm³/mol. The van der Waals surface area contributed by atoms with Crippen molar-refractivity contribution in [2.24, 2.45) is 0 Å². The van der Waals surface area contributed by atoms with Crippen molar-refractivity contribution in [3.63, 3.8) is 0 Å². The Bertz CT molecular complexity index is 886. The number of hydrogen-bond donors (Lipinski definition) is 1. The minimum Gasteiger partial charge on any atom is -0.399 e. The van der Waals surface area contributed by atoms with Crippen LogP contribution < -0.4 is 5.73 Å². The van der Waals surface area contributed by atoms with Crippen LogP contribution in [0.25, 0.3) is 10.2 Å². The Labute approximate surface area is 127 Å². The molecule has 0 aliphatic heterocycles. The lowest BCUT2D eigenvalue weighted by Gasteiger charge is -2.10. The highest BCUT2D eigenvalue weighted by molar-refractivity contribution is 7.93. The topological polar surface area (TPSA) is 73.0 Å². The summed E-state index contributed by atoms with van der Waals surface area (Å²) in [5.41, 5.74) is 7.75. The molecular weight excluding hydrogens is 304 g/mol. The molecule has 0 saturated carbocycles. The first-order valence-electron chi connectivity index (χ1n) is 6.43. The molecule has 0 amide bonds. The van der Waals surface area contributed by atoms with Gasteiger partial charge in [-0.2, -0.15) is 0 Å². The normalized spacial score (nSPS) is 13.4. The summed E-state index contributed by atoms with van der Waals surface area (Å²) >= 11 is 1.16. The Kier molecular flexibility index (Phi) is 3.43. The van der Waals surface area contributed by atoms with Gasteiger partial charge in [-0.3, -0.25) is 0 Å². The molecule has 0 spiro atoms. The second-order valence-corrected chi connectivity index (χ2v) is 8.28. The molecule has 6 heteroatoms. The molecule has 0 radical (unpaired) electrons. The average molecular weight is 318 g/mol. The summed E-state index contributed by atoms with van der Waals surface area (Å²) in [5, 5.41) is -0.628. The van der Waals surface area contributed by atoms with Gasteiger partial charge in [-0.25, -0.2) is 13.4 Å². The number of thiazole rings is 1. The summed E-state index contributed by atoms with van der Waals surface area (Å²) in [6.45, 7) is 1.69. The predicted octanol–water partition coefficient (Wildman–Crippen LogP) is 3.41. The molecule has 0 aliphatic rings. The van der Waals surface area contributed by atoms with E-state index in [1.54, 1.807) is 25.1 Å². The maximum absolute atomic E-state index is 12.7. The van der Waals surface area contributed by atoms with Crippen molar-refractivity contribution in [3.05, 3.63) is 54.1 Å². The molecule has 0 saturated heterocycles. The monoisotopic (exact) mass is 318 g/mol. The van der Waals surface area contributed by atoms with Gasteiger partial charge in [-0.1, -0.05) is 30.3 Å². The Balaban J connectivity index is 2.08. The van der Waals surface area contributed by atoms with Crippen LogP contribution in [0.1, 0.15) is 17.7 Å². The Morgan fingerprint density at radius 3 is 2.57 bits per heavy atom. The Morgan fingerprint density at radius 1 is 1.14 bits per heavy atom. The number of nitrogens with zero attached hydrogens (tertiary/aromatic N) is 1. The van der Waals surface area contributed by atoms with Crippen molar-refractivity contribution in [1.29, 1.82) is 0 Å². The van der Waals surface area contributed by atoms with E-state index in [0.717, 1.165) is 21.6 Å². The van der Waals surface area contributed by atoms with E-state index >= 15 is 0 Å². The van der Waals surface area contributed by atoms with Crippen LogP contribution in [-0.2, 0) is 9.84 Å². The third-order valence-electron chi connectivity index (χ3n) is 3.37. The molecule has 2 N–H and O–H groups in total. The Morgan fingerprint density at radius 2 is 1.86 bits per heavy atom. The fourth-order valence-electron chi connectivity index (χ4n) is 2.10. The third kappa shape index (κ3) is 2.52. The maximum atomic E-state index is 12.7. The number of benzene rings is 2. The maximum Gasteiger partial charge on any atom is 0.212 e. The quantitative estimate of drug-likeness (QED) is 0.751. The second-order valence-electron chi connectivity index (χ2n) is 4.80. The van der Waals surface area contributed by atoms with Gasteiger partial charge in [0, 0.05) is 5.69 Å². The number of nitrogen functional groups attached to an aromatic ring is 1. The SMILES string of the molecule is CC(c1ccccc1)S(=O)(=O)c1nc2ccc(N)cc2s1. The van der Waals surface area contributed by atoms with E-state index in [1.807, 2.05) is 30.3 Å². The van der Waals surface area contributed by atoms with Gasteiger partial charge in [-0.05, 0) is 30.7 Å². The van der Waals surface area contributed by atoms with E-state index in [-0.39, 0.29) is 4.34 Å². The summed E-state index contributed by atoms with van der Waals surface area (Å²) in [4.78, 5) is 4.25. The first kappa shape index (κ1) is 14.0. The number of rotatable bonds is 3. The highest BCUT2D eigenvalue weighted by Crippen LogP contribution is 2.34. The van der Waals surface area contributed by atoms with Crippen LogP contribution in [0.5, 0.6) is 0 Å². The summed E-state index contributed by atoms with van der Waals surface area (Å²) in [6, 6.07) is 14.4. The largest absolute Gasteiger partial charge is 0.399 e. The molecule has 1 heterocycles. The highest BCUT2D eigenvalue weighted by Gasteiger charge is 2.28. The van der Waals surface area contributed by atoms with Crippen LogP contribution in [-0.4, -0.2) is 13.4 Å². The molecule has 0 aliphatic carbocycles. The van der Waals surface area contributed by atoms with Gasteiger partial charge >= 0.3 is 0 Å². The molecule has 3 aromatic rings. The standard InChI is InChI=1S/C15H14N2O2S2/c1-10(11-5-3-2-4-6-11)21(18,19)15-17-13-8-7-12(16)9-14(13)20-15/h2-10H,16H2,1H3. The van der Waals surface area contributed by atoms with Crippen LogP contribution >= 0.6 is 11.3 Å². The molecule has 0 fully saturated rings. The number of hydrogen-bond acceptors (Lipinski definition) is 5. The lowest BCUT2D eigenvalue weighted by atomic mass is 10.2. The number of sulfone groups is 1. The van der Waals surface area contributed by atoms with E-state index in [1.165, 1.54) is 0 Å². The van der Waals surface area contributed by atoms with Crippen molar-refractivity contribution in [1.82, 2.24) is 4.98 Å². The lowest BCUT2D eigenvalue weighted by Crippen LogP contribution is -2.10. The summed E-state index contributed by atoms with van der Waals surface area (Å²) < 4.78 is 26.3. The number of fused-ring (bicyclic) bond motifs is 1. The second kappa shape index (κ2) is 5.13. The van der Waals surface area contributed by atoms with Crippen LogP contribution in [0, 0.1) is 0 Å². The third-order valence-corrected chi connectivity index (χ3v) is 6.91. The highest BCUT2D eigenvalue weighted by atomic mass is 32.2. The van der Waals surface area contributed by atoms with Crippen molar-refractivity contribution in [2.45, 2.75) is 16.5 Å². The zero-order chi connectivity index (χ0) is 15.0. The summed E-state index contributed by atoms with van der Waals surface area (Å²) in [6.07, 6.45) is 0. The molecule has 4 nitrogen and oxygen atoms in total. The lowest BCUT2D eigenvalue weighted by molar-refractivity contribution is 0.585. The number of aromatic nitrogens is 1. The fraction of sp³-hybridized carbons (Fsp3) is 0.133. The minimum atomic E-state index is -3.50. The van der Waals surface area contributed by atoms with Crippen molar-refractivity contribution in [3.8, 4) is 0 Å². The van der Waals surface area contributed by atoms with Crippen LogP contribution in [0.15, 0.2) is 52.9 Å². The number of anilines is 1. The van der Waals surface area contributed by atoms with Crippen LogP contribution in [0.3, 0.4) is 0 Å².